The summed E-state index contributed by atoms with van der Waals surface area (Å²) in [6, 6.07) is 19.5. The smallest absolute Gasteiger partial charge is 0.347 e. The van der Waals surface area contributed by atoms with E-state index in [2.05, 4.69) is 44.2 Å². The lowest BCUT2D eigenvalue weighted by Gasteiger charge is -2.21. The molecule has 0 spiro atoms. The van der Waals surface area contributed by atoms with Crippen molar-refractivity contribution in [3.63, 3.8) is 0 Å². The Morgan fingerprint density at radius 2 is 1.69 bits per heavy atom. The molecule has 4 rings (SSSR count). The summed E-state index contributed by atoms with van der Waals surface area (Å²) < 4.78 is 24.3. The highest BCUT2D eigenvalue weighted by Crippen LogP contribution is 2.42. The van der Waals surface area contributed by atoms with Crippen molar-refractivity contribution in [3.05, 3.63) is 77.6 Å². The van der Waals surface area contributed by atoms with Gasteiger partial charge in [-0.3, -0.25) is 0 Å². The maximum atomic E-state index is 11.3. The lowest BCUT2D eigenvalue weighted by molar-refractivity contribution is -0.152. The van der Waals surface area contributed by atoms with E-state index in [1.807, 2.05) is 19.9 Å². The van der Waals surface area contributed by atoms with Crippen molar-refractivity contribution < 1.29 is 28.5 Å². The molecule has 1 heterocycles. The van der Waals surface area contributed by atoms with E-state index in [0.717, 1.165) is 57.6 Å². The number of carboxylic acids is 1. The summed E-state index contributed by atoms with van der Waals surface area (Å²) in [5.74, 6) is 1.92. The van der Waals surface area contributed by atoms with Crippen molar-refractivity contribution in [3.8, 4) is 28.4 Å². The monoisotopic (exact) mass is 530 g/mol. The molecule has 1 unspecified atom stereocenters. The molecule has 0 aliphatic rings. The van der Waals surface area contributed by atoms with Gasteiger partial charge in [0.15, 0.2) is 5.60 Å². The molecule has 0 aliphatic heterocycles. The zero-order chi connectivity index (χ0) is 28.2. The maximum absolute atomic E-state index is 11.3. The zero-order valence-corrected chi connectivity index (χ0v) is 23.7. The third-order valence-electron chi connectivity index (χ3n) is 6.79. The molecule has 0 fully saturated rings. The van der Waals surface area contributed by atoms with Crippen LogP contribution < -0.4 is 14.2 Å². The van der Waals surface area contributed by atoms with Gasteiger partial charge < -0.3 is 23.7 Å². The third-order valence-corrected chi connectivity index (χ3v) is 6.79. The quantitative estimate of drug-likeness (QED) is 0.199. The largest absolute Gasteiger partial charge is 0.493 e. The molecule has 1 aromatic heterocycles. The molecule has 0 saturated carbocycles. The topological polar surface area (TPSA) is 78.1 Å². The molecule has 6 heteroatoms. The molecule has 4 aromatic rings. The number of ether oxygens (including phenoxy) is 3. The van der Waals surface area contributed by atoms with Gasteiger partial charge in [-0.05, 0) is 82.5 Å². The lowest BCUT2D eigenvalue weighted by atomic mass is 9.95. The second kappa shape index (κ2) is 11.9. The van der Waals surface area contributed by atoms with Gasteiger partial charge in [-0.1, -0.05) is 43.7 Å². The molecule has 206 valence electrons. The Morgan fingerprint density at radius 1 is 1.03 bits per heavy atom. The molecule has 0 aliphatic carbocycles. The van der Waals surface area contributed by atoms with Gasteiger partial charge in [0, 0.05) is 22.9 Å². The summed E-state index contributed by atoms with van der Waals surface area (Å²) >= 11 is 0. The first-order valence-corrected chi connectivity index (χ1v) is 13.5. The Hall–Kier alpha value is -3.93. The van der Waals surface area contributed by atoms with Crippen LogP contribution >= 0.6 is 0 Å². The fraction of sp³-hybridized carbons (Fsp3) is 0.364. The van der Waals surface area contributed by atoms with E-state index in [1.165, 1.54) is 13.8 Å². The Bertz CT molecular complexity index is 1420. The number of hydrogen-bond acceptors (Lipinski definition) is 5. The van der Waals surface area contributed by atoms with Crippen molar-refractivity contribution in [2.75, 3.05) is 6.61 Å². The number of fused-ring (bicyclic) bond motifs is 1. The van der Waals surface area contributed by atoms with E-state index in [1.54, 1.807) is 24.3 Å². The highest BCUT2D eigenvalue weighted by molar-refractivity contribution is 6.00. The van der Waals surface area contributed by atoms with Gasteiger partial charge in [-0.25, -0.2) is 4.79 Å². The van der Waals surface area contributed by atoms with Crippen LogP contribution in [0.4, 0.5) is 0 Å². The third kappa shape index (κ3) is 6.39. The Morgan fingerprint density at radius 3 is 2.33 bits per heavy atom. The van der Waals surface area contributed by atoms with E-state index in [4.69, 9.17) is 18.6 Å². The van der Waals surface area contributed by atoms with E-state index >= 15 is 0 Å². The van der Waals surface area contributed by atoms with Crippen LogP contribution in [0, 0.1) is 13.8 Å². The molecule has 39 heavy (non-hydrogen) atoms. The number of carbonyl (C=O) groups is 1. The minimum Gasteiger partial charge on any atom is -0.493 e. The lowest BCUT2D eigenvalue weighted by Crippen LogP contribution is -2.37. The molecular weight excluding hydrogens is 492 g/mol. The van der Waals surface area contributed by atoms with Crippen molar-refractivity contribution in [1.82, 2.24) is 0 Å². The van der Waals surface area contributed by atoms with Crippen LogP contribution in [0.25, 0.3) is 22.1 Å². The first-order valence-electron chi connectivity index (χ1n) is 13.5. The average Bonchev–Trinajstić information content (AvgIpc) is 3.25. The second-order valence-corrected chi connectivity index (χ2v) is 10.5. The summed E-state index contributed by atoms with van der Waals surface area (Å²) in [5.41, 5.74) is 4.16. The number of furan rings is 1. The zero-order valence-electron chi connectivity index (χ0n) is 23.7. The Balaban J connectivity index is 1.45. The predicted octanol–water partition coefficient (Wildman–Crippen LogP) is 8.15. The summed E-state index contributed by atoms with van der Waals surface area (Å²) in [6.07, 6.45) is 2.47. The number of hydrogen-bond donors (Lipinski definition) is 1. The minimum atomic E-state index is -1.30. The molecule has 6 nitrogen and oxygen atoms in total. The highest BCUT2D eigenvalue weighted by atomic mass is 16.5. The van der Waals surface area contributed by atoms with Gasteiger partial charge in [0.1, 0.15) is 28.6 Å². The van der Waals surface area contributed by atoms with Gasteiger partial charge in [0.25, 0.3) is 0 Å². The summed E-state index contributed by atoms with van der Waals surface area (Å²) in [7, 11) is 0. The predicted molar refractivity (Wildman–Crippen MR) is 154 cm³/mol. The average molecular weight is 531 g/mol. The van der Waals surface area contributed by atoms with E-state index in [9.17, 15) is 9.90 Å². The molecule has 0 bridgehead atoms. The van der Waals surface area contributed by atoms with Gasteiger partial charge in [0.05, 0.1) is 12.7 Å². The van der Waals surface area contributed by atoms with Crippen molar-refractivity contribution in [2.45, 2.75) is 72.5 Å². The van der Waals surface area contributed by atoms with Crippen LogP contribution in [0.3, 0.4) is 0 Å². The number of carboxylic acid groups (broad SMARTS) is 1. The van der Waals surface area contributed by atoms with Gasteiger partial charge in [-0.15, -0.1) is 0 Å². The number of aryl methyl sites for hydroxylation is 3. The standard InChI is InChI=1S/C33H38O6/c1-7-11-27-28(20-21(2)29-30(23(4)38-31(27)29)24-12-9-8-10-13-24)37-22(3)18-19-36-25-14-16-26(17-15-25)39-33(5,6)32(34)35/h8-10,12-17,20,22H,7,11,18-19H2,1-6H3,(H,34,35). The van der Waals surface area contributed by atoms with E-state index in [-0.39, 0.29) is 6.10 Å². The van der Waals surface area contributed by atoms with Crippen LogP contribution in [0.2, 0.25) is 0 Å². The van der Waals surface area contributed by atoms with Crippen LogP contribution in [0.5, 0.6) is 17.2 Å². The molecular formula is C33H38O6. The van der Waals surface area contributed by atoms with Crippen LogP contribution in [0.15, 0.2) is 65.1 Å². The van der Waals surface area contributed by atoms with E-state index in [0.29, 0.717) is 24.5 Å². The Kier molecular flexibility index (Phi) is 8.54. The molecule has 0 radical (unpaired) electrons. The van der Waals surface area contributed by atoms with Crippen molar-refractivity contribution in [1.29, 1.82) is 0 Å². The molecule has 3 aromatic carbocycles. The molecule has 1 atom stereocenters. The second-order valence-electron chi connectivity index (χ2n) is 10.5. The number of aliphatic carboxylic acids is 1. The highest BCUT2D eigenvalue weighted by Gasteiger charge is 2.29. The SMILES string of the molecule is CCCc1c(OC(C)CCOc2ccc(OC(C)(C)C(=O)O)cc2)cc(C)c2c(-c3ccccc3)c(C)oc12. The summed E-state index contributed by atoms with van der Waals surface area (Å²) in [4.78, 5) is 11.3. The molecule has 0 amide bonds. The van der Waals surface area contributed by atoms with Crippen LogP contribution in [0.1, 0.15) is 57.4 Å². The maximum Gasteiger partial charge on any atom is 0.347 e. The summed E-state index contributed by atoms with van der Waals surface area (Å²) in [6.45, 7) is 11.9. The van der Waals surface area contributed by atoms with Crippen LogP contribution in [-0.2, 0) is 11.2 Å². The van der Waals surface area contributed by atoms with Crippen molar-refractivity contribution >= 4 is 16.9 Å². The van der Waals surface area contributed by atoms with Crippen LogP contribution in [-0.4, -0.2) is 29.4 Å². The first kappa shape index (κ1) is 28.1. The Labute approximate surface area is 230 Å². The van der Waals surface area contributed by atoms with Gasteiger partial charge >= 0.3 is 5.97 Å². The molecule has 0 saturated heterocycles. The fourth-order valence-corrected chi connectivity index (χ4v) is 4.71. The van der Waals surface area contributed by atoms with E-state index < -0.39 is 11.6 Å². The fourth-order valence-electron chi connectivity index (χ4n) is 4.71. The summed E-state index contributed by atoms with van der Waals surface area (Å²) in [5, 5.41) is 10.4. The number of rotatable bonds is 12. The molecule has 1 N–H and O–H groups in total. The first-order chi connectivity index (χ1) is 18.6. The normalized spacial score (nSPS) is 12.4. The van der Waals surface area contributed by atoms with Gasteiger partial charge in [0.2, 0.25) is 0 Å². The minimum absolute atomic E-state index is 0.0684. The van der Waals surface area contributed by atoms with Gasteiger partial charge in [-0.2, -0.15) is 0 Å². The number of benzene rings is 3. The van der Waals surface area contributed by atoms with Crippen molar-refractivity contribution in [2.24, 2.45) is 0 Å².